The number of aliphatic hydroxyl groups excluding tert-OH is 1. The molecule has 1 amide bonds. The zero-order valence-electron chi connectivity index (χ0n) is 14.1. The van der Waals surface area contributed by atoms with Gasteiger partial charge < -0.3 is 10.0 Å². The van der Waals surface area contributed by atoms with E-state index in [9.17, 15) is 10.1 Å². The minimum absolute atomic E-state index is 0.00742. The van der Waals surface area contributed by atoms with Gasteiger partial charge in [-0.25, -0.2) is 0 Å². The number of aliphatic hydroxyl groups is 1. The van der Waals surface area contributed by atoms with Gasteiger partial charge in [0.25, 0.3) is 5.91 Å². The smallest absolute Gasteiger partial charge is 0.254 e. The summed E-state index contributed by atoms with van der Waals surface area (Å²) in [5, 5.41) is 18.4. The Kier molecular flexibility index (Phi) is 5.44. The molecule has 0 aliphatic carbocycles. The Morgan fingerprint density at radius 2 is 1.64 bits per heavy atom. The van der Waals surface area contributed by atoms with Gasteiger partial charge in [-0.15, -0.1) is 0 Å². The van der Waals surface area contributed by atoms with E-state index in [4.69, 9.17) is 5.11 Å². The van der Waals surface area contributed by atoms with Crippen LogP contribution in [0.5, 0.6) is 0 Å². The Labute approximate surface area is 147 Å². The van der Waals surface area contributed by atoms with Crippen molar-refractivity contribution in [2.75, 3.05) is 39.3 Å². The molecule has 1 aliphatic rings. The summed E-state index contributed by atoms with van der Waals surface area (Å²) in [6.07, 6.45) is 0. The first-order valence-corrected chi connectivity index (χ1v) is 8.45. The summed E-state index contributed by atoms with van der Waals surface area (Å²) in [6, 6.07) is 17.0. The number of hydrogen-bond donors (Lipinski definition) is 1. The Bertz CT molecular complexity index is 790. The molecular formula is C20H21N3O2. The van der Waals surface area contributed by atoms with Gasteiger partial charge in [-0.1, -0.05) is 36.4 Å². The van der Waals surface area contributed by atoms with E-state index in [1.165, 1.54) is 0 Å². The molecule has 1 N–H and O–H groups in total. The highest BCUT2D eigenvalue weighted by molar-refractivity contribution is 6.01. The highest BCUT2D eigenvalue weighted by Gasteiger charge is 2.24. The lowest BCUT2D eigenvalue weighted by Crippen LogP contribution is -2.49. The normalized spacial score (nSPS) is 15.0. The van der Waals surface area contributed by atoms with E-state index < -0.39 is 0 Å². The number of carbonyl (C=O) groups is 1. The number of rotatable bonds is 4. The van der Waals surface area contributed by atoms with Gasteiger partial charge >= 0.3 is 0 Å². The lowest BCUT2D eigenvalue weighted by Gasteiger charge is -2.34. The van der Waals surface area contributed by atoms with Crippen LogP contribution in [0.4, 0.5) is 0 Å². The monoisotopic (exact) mass is 335 g/mol. The summed E-state index contributed by atoms with van der Waals surface area (Å²) >= 11 is 0. The number of nitrogens with zero attached hydrogens (tertiary/aromatic N) is 3. The van der Waals surface area contributed by atoms with Crippen LogP contribution in [-0.4, -0.2) is 60.1 Å². The molecule has 1 heterocycles. The molecule has 0 bridgehead atoms. The van der Waals surface area contributed by atoms with Gasteiger partial charge in [-0.3, -0.25) is 9.69 Å². The van der Waals surface area contributed by atoms with Crippen molar-refractivity contribution in [1.82, 2.24) is 9.80 Å². The van der Waals surface area contributed by atoms with Gasteiger partial charge in [0, 0.05) is 43.9 Å². The molecule has 2 aromatic rings. The molecule has 5 nitrogen and oxygen atoms in total. The van der Waals surface area contributed by atoms with Crippen LogP contribution in [-0.2, 0) is 0 Å². The maximum atomic E-state index is 13.0. The largest absolute Gasteiger partial charge is 0.395 e. The molecule has 0 radical (unpaired) electrons. The summed E-state index contributed by atoms with van der Waals surface area (Å²) in [6.45, 7) is 3.61. The van der Waals surface area contributed by atoms with E-state index in [0.717, 1.165) is 24.2 Å². The molecule has 1 fully saturated rings. The molecule has 0 atom stereocenters. The average Bonchev–Trinajstić information content (AvgIpc) is 2.68. The summed E-state index contributed by atoms with van der Waals surface area (Å²) in [4.78, 5) is 17.0. The zero-order chi connectivity index (χ0) is 17.6. The van der Waals surface area contributed by atoms with Crippen molar-refractivity contribution in [3.63, 3.8) is 0 Å². The average molecular weight is 335 g/mol. The van der Waals surface area contributed by atoms with E-state index in [0.29, 0.717) is 30.8 Å². The number of hydrogen-bond acceptors (Lipinski definition) is 4. The lowest BCUT2D eigenvalue weighted by atomic mass is 9.95. The van der Waals surface area contributed by atoms with E-state index >= 15 is 0 Å². The minimum Gasteiger partial charge on any atom is -0.395 e. The van der Waals surface area contributed by atoms with Gasteiger partial charge in [0.15, 0.2) is 0 Å². The summed E-state index contributed by atoms with van der Waals surface area (Å²) in [5.74, 6) is -0.00742. The molecule has 3 rings (SSSR count). The number of carbonyl (C=O) groups excluding carboxylic acids is 1. The van der Waals surface area contributed by atoms with Crippen molar-refractivity contribution < 1.29 is 9.90 Å². The molecular weight excluding hydrogens is 314 g/mol. The van der Waals surface area contributed by atoms with Crippen LogP contribution in [0.15, 0.2) is 48.5 Å². The minimum atomic E-state index is -0.00742. The van der Waals surface area contributed by atoms with Crippen LogP contribution in [0.25, 0.3) is 11.1 Å². The van der Waals surface area contributed by atoms with Crippen LogP contribution < -0.4 is 0 Å². The van der Waals surface area contributed by atoms with Crippen LogP contribution in [0.3, 0.4) is 0 Å². The van der Waals surface area contributed by atoms with Crippen molar-refractivity contribution in [3.8, 4) is 17.2 Å². The summed E-state index contributed by atoms with van der Waals surface area (Å²) in [5.41, 5.74) is 2.77. The second kappa shape index (κ2) is 7.93. The van der Waals surface area contributed by atoms with Crippen LogP contribution in [0.2, 0.25) is 0 Å². The number of piperazine rings is 1. The van der Waals surface area contributed by atoms with E-state index in [-0.39, 0.29) is 12.5 Å². The molecule has 5 heteroatoms. The maximum absolute atomic E-state index is 13.0. The molecule has 2 aromatic carbocycles. The molecule has 25 heavy (non-hydrogen) atoms. The Balaban J connectivity index is 1.87. The fourth-order valence-electron chi connectivity index (χ4n) is 3.21. The second-order valence-electron chi connectivity index (χ2n) is 6.06. The molecule has 1 saturated heterocycles. The van der Waals surface area contributed by atoms with Crippen LogP contribution in [0, 0.1) is 11.3 Å². The number of β-amino-alcohol motifs (C(OH)–C–C–N with tert-alkyl or cyclic N) is 1. The van der Waals surface area contributed by atoms with Gasteiger partial charge in [-0.2, -0.15) is 5.26 Å². The number of amides is 1. The van der Waals surface area contributed by atoms with Gasteiger partial charge in [0.2, 0.25) is 0 Å². The van der Waals surface area contributed by atoms with Crippen LogP contribution >= 0.6 is 0 Å². The topological polar surface area (TPSA) is 67.6 Å². The highest BCUT2D eigenvalue weighted by atomic mass is 16.3. The molecule has 128 valence electrons. The first-order chi connectivity index (χ1) is 12.2. The zero-order valence-corrected chi connectivity index (χ0v) is 14.1. The van der Waals surface area contributed by atoms with Gasteiger partial charge in [0.1, 0.15) is 0 Å². The van der Waals surface area contributed by atoms with Gasteiger partial charge in [0.05, 0.1) is 18.2 Å². The van der Waals surface area contributed by atoms with Crippen molar-refractivity contribution in [2.45, 2.75) is 0 Å². The van der Waals surface area contributed by atoms with Crippen molar-refractivity contribution >= 4 is 5.91 Å². The molecule has 0 saturated carbocycles. The quantitative estimate of drug-likeness (QED) is 0.928. The SMILES string of the molecule is N#Cc1ccccc1-c1ccccc1C(=O)N1CCN(CCO)CC1. The summed E-state index contributed by atoms with van der Waals surface area (Å²) < 4.78 is 0. The highest BCUT2D eigenvalue weighted by Crippen LogP contribution is 2.28. The maximum Gasteiger partial charge on any atom is 0.254 e. The Morgan fingerprint density at radius 1 is 1.00 bits per heavy atom. The van der Waals surface area contributed by atoms with E-state index in [2.05, 4.69) is 11.0 Å². The third-order valence-corrected chi connectivity index (χ3v) is 4.57. The molecule has 0 aromatic heterocycles. The predicted octanol–water partition coefficient (Wildman–Crippen LogP) is 1.98. The molecule has 0 spiro atoms. The number of benzene rings is 2. The van der Waals surface area contributed by atoms with Crippen molar-refractivity contribution in [1.29, 1.82) is 5.26 Å². The van der Waals surface area contributed by atoms with Gasteiger partial charge in [-0.05, 0) is 17.7 Å². The third-order valence-electron chi connectivity index (χ3n) is 4.57. The van der Waals surface area contributed by atoms with E-state index in [1.54, 1.807) is 6.07 Å². The fourth-order valence-corrected chi connectivity index (χ4v) is 3.21. The fraction of sp³-hybridized carbons (Fsp3) is 0.300. The van der Waals surface area contributed by atoms with E-state index in [1.807, 2.05) is 47.4 Å². The standard InChI is InChI=1S/C20H21N3O2/c21-15-16-5-1-2-6-17(16)18-7-3-4-8-19(18)20(25)23-11-9-22(10-12-23)13-14-24/h1-8,24H,9-14H2. The molecule has 1 aliphatic heterocycles. The molecule has 0 unspecified atom stereocenters. The Hall–Kier alpha value is -2.68. The predicted molar refractivity (Wildman–Crippen MR) is 96.0 cm³/mol. The van der Waals surface area contributed by atoms with Crippen molar-refractivity contribution in [2.24, 2.45) is 0 Å². The van der Waals surface area contributed by atoms with Crippen molar-refractivity contribution in [3.05, 3.63) is 59.7 Å². The first-order valence-electron chi connectivity index (χ1n) is 8.45. The van der Waals surface area contributed by atoms with Crippen LogP contribution in [0.1, 0.15) is 15.9 Å². The first kappa shape index (κ1) is 17.2. The Morgan fingerprint density at radius 3 is 2.32 bits per heavy atom. The lowest BCUT2D eigenvalue weighted by molar-refractivity contribution is 0.0615. The summed E-state index contributed by atoms with van der Waals surface area (Å²) in [7, 11) is 0. The third kappa shape index (κ3) is 3.71. The number of nitriles is 1. The second-order valence-corrected chi connectivity index (χ2v) is 6.06.